The zero-order valence-corrected chi connectivity index (χ0v) is 13.0. The lowest BCUT2D eigenvalue weighted by Crippen LogP contribution is -2.27. The number of nitrogens with one attached hydrogen (secondary N) is 1. The number of amides is 1. The van der Waals surface area contributed by atoms with E-state index in [1.807, 2.05) is 24.3 Å². The number of ketones is 1. The molecule has 0 aliphatic heterocycles. The second-order valence-corrected chi connectivity index (χ2v) is 5.70. The van der Waals surface area contributed by atoms with Gasteiger partial charge in [-0.2, -0.15) is 0 Å². The smallest absolute Gasteiger partial charge is 0.407 e. The fourth-order valence-electron chi connectivity index (χ4n) is 2.99. The number of rotatable bonds is 5. The molecule has 0 radical (unpaired) electrons. The van der Waals surface area contributed by atoms with Crippen molar-refractivity contribution in [3.8, 4) is 11.1 Å². The molecule has 0 atom stereocenters. The van der Waals surface area contributed by atoms with Gasteiger partial charge in [0, 0.05) is 18.9 Å². The maximum atomic E-state index is 11.8. The number of ether oxygens (including phenoxy) is 1. The first-order chi connectivity index (χ1) is 11.2. The van der Waals surface area contributed by atoms with Crippen molar-refractivity contribution >= 4 is 11.9 Å². The molecule has 0 saturated heterocycles. The molecule has 0 saturated carbocycles. The molecule has 1 amide bonds. The Hall–Kier alpha value is -2.62. The van der Waals surface area contributed by atoms with Gasteiger partial charge in [0.2, 0.25) is 0 Å². The number of Topliss-reactive ketones (excluding diaryl/α,β-unsaturated/α-hetero) is 1. The third-order valence-corrected chi connectivity index (χ3v) is 4.09. The Kier molecular flexibility index (Phi) is 4.42. The second-order valence-electron chi connectivity index (χ2n) is 5.70. The molecule has 4 nitrogen and oxygen atoms in total. The lowest BCUT2D eigenvalue weighted by atomic mass is 9.98. The zero-order chi connectivity index (χ0) is 16.2. The van der Waals surface area contributed by atoms with Gasteiger partial charge in [0.25, 0.3) is 0 Å². The number of benzene rings is 2. The van der Waals surface area contributed by atoms with Crippen LogP contribution in [0.5, 0.6) is 0 Å². The summed E-state index contributed by atoms with van der Waals surface area (Å²) in [6, 6.07) is 16.4. The van der Waals surface area contributed by atoms with Gasteiger partial charge in [0.1, 0.15) is 12.4 Å². The highest BCUT2D eigenvalue weighted by molar-refractivity contribution is 5.79. The van der Waals surface area contributed by atoms with E-state index in [2.05, 4.69) is 29.6 Å². The van der Waals surface area contributed by atoms with Crippen LogP contribution >= 0.6 is 0 Å². The number of carbonyl (C=O) groups is 2. The highest BCUT2D eigenvalue weighted by Crippen LogP contribution is 2.44. The van der Waals surface area contributed by atoms with E-state index in [9.17, 15) is 9.59 Å². The summed E-state index contributed by atoms with van der Waals surface area (Å²) < 4.78 is 5.36. The highest BCUT2D eigenvalue weighted by Gasteiger charge is 2.28. The van der Waals surface area contributed by atoms with Crippen molar-refractivity contribution < 1.29 is 14.3 Å². The molecule has 2 aromatic rings. The van der Waals surface area contributed by atoms with Gasteiger partial charge in [-0.25, -0.2) is 4.79 Å². The maximum absolute atomic E-state index is 11.8. The van der Waals surface area contributed by atoms with Gasteiger partial charge < -0.3 is 10.1 Å². The predicted molar refractivity (Wildman–Crippen MR) is 88.4 cm³/mol. The molecular formula is C19H19NO3. The largest absolute Gasteiger partial charge is 0.449 e. The Bertz CT molecular complexity index is 693. The lowest BCUT2D eigenvalue weighted by molar-refractivity contribution is -0.116. The van der Waals surface area contributed by atoms with E-state index in [4.69, 9.17) is 4.74 Å². The van der Waals surface area contributed by atoms with Gasteiger partial charge in [0.05, 0.1) is 0 Å². The predicted octanol–water partition coefficient (Wildman–Crippen LogP) is 3.50. The first-order valence-corrected chi connectivity index (χ1v) is 7.75. The molecule has 1 N–H and O–H groups in total. The Morgan fingerprint density at radius 1 is 1.00 bits per heavy atom. The van der Waals surface area contributed by atoms with Crippen LogP contribution in [0.15, 0.2) is 48.5 Å². The normalized spacial score (nSPS) is 12.4. The van der Waals surface area contributed by atoms with Crippen molar-refractivity contribution in [1.82, 2.24) is 5.32 Å². The van der Waals surface area contributed by atoms with Crippen molar-refractivity contribution in [3.63, 3.8) is 0 Å². The number of hydrogen-bond donors (Lipinski definition) is 1. The molecule has 1 aliphatic carbocycles. The minimum absolute atomic E-state index is 0.0453. The van der Waals surface area contributed by atoms with Crippen LogP contribution in [0.1, 0.15) is 30.4 Å². The molecule has 0 aromatic heterocycles. The SMILES string of the molecule is CC(=O)CCNC(=O)OCC1c2ccccc2-c2ccccc21. The third kappa shape index (κ3) is 3.26. The quantitative estimate of drug-likeness (QED) is 0.919. The zero-order valence-electron chi connectivity index (χ0n) is 13.0. The van der Waals surface area contributed by atoms with Gasteiger partial charge in [-0.1, -0.05) is 48.5 Å². The van der Waals surface area contributed by atoms with E-state index in [0.29, 0.717) is 19.6 Å². The minimum Gasteiger partial charge on any atom is -0.449 e. The summed E-state index contributed by atoms with van der Waals surface area (Å²) in [4.78, 5) is 22.6. The van der Waals surface area contributed by atoms with Crippen molar-refractivity contribution in [3.05, 3.63) is 59.7 Å². The van der Waals surface area contributed by atoms with Gasteiger partial charge in [-0.3, -0.25) is 4.79 Å². The van der Waals surface area contributed by atoms with Crippen molar-refractivity contribution in [2.24, 2.45) is 0 Å². The summed E-state index contributed by atoms with van der Waals surface area (Å²) >= 11 is 0. The molecule has 0 unspecified atom stereocenters. The van der Waals surface area contributed by atoms with Crippen LogP contribution < -0.4 is 5.32 Å². The van der Waals surface area contributed by atoms with Crippen molar-refractivity contribution in [2.75, 3.05) is 13.2 Å². The molecule has 4 heteroatoms. The van der Waals surface area contributed by atoms with Crippen LogP contribution in [0.25, 0.3) is 11.1 Å². The molecule has 0 fully saturated rings. The van der Waals surface area contributed by atoms with E-state index >= 15 is 0 Å². The van der Waals surface area contributed by atoms with Crippen molar-refractivity contribution in [1.29, 1.82) is 0 Å². The number of alkyl carbamates (subject to hydrolysis) is 1. The van der Waals surface area contributed by atoms with E-state index in [1.54, 1.807) is 0 Å². The van der Waals surface area contributed by atoms with Crippen LogP contribution in [0, 0.1) is 0 Å². The van der Waals surface area contributed by atoms with Gasteiger partial charge >= 0.3 is 6.09 Å². The summed E-state index contributed by atoms with van der Waals surface area (Å²) in [5, 5.41) is 2.60. The topological polar surface area (TPSA) is 55.4 Å². The Balaban J connectivity index is 1.69. The number of carbonyl (C=O) groups excluding carboxylic acids is 2. The highest BCUT2D eigenvalue weighted by atomic mass is 16.5. The molecule has 2 aromatic carbocycles. The van der Waals surface area contributed by atoms with Crippen LogP contribution in [0.4, 0.5) is 4.79 Å². The van der Waals surface area contributed by atoms with E-state index in [1.165, 1.54) is 29.2 Å². The first-order valence-electron chi connectivity index (χ1n) is 7.75. The maximum Gasteiger partial charge on any atom is 0.407 e. The third-order valence-electron chi connectivity index (χ3n) is 4.09. The van der Waals surface area contributed by atoms with Gasteiger partial charge in [-0.05, 0) is 29.2 Å². The average molecular weight is 309 g/mol. The molecule has 1 aliphatic rings. The first kappa shape index (κ1) is 15.3. The van der Waals surface area contributed by atoms with E-state index < -0.39 is 6.09 Å². The summed E-state index contributed by atoms with van der Waals surface area (Å²) in [7, 11) is 0. The monoisotopic (exact) mass is 309 g/mol. The second kappa shape index (κ2) is 6.65. The van der Waals surface area contributed by atoms with Crippen LogP contribution in [0.2, 0.25) is 0 Å². The summed E-state index contributed by atoms with van der Waals surface area (Å²) in [5.74, 6) is 0.102. The molecule has 118 valence electrons. The molecule has 0 spiro atoms. The summed E-state index contributed by atoms with van der Waals surface area (Å²) in [6.07, 6.45) is -0.155. The number of hydrogen-bond acceptors (Lipinski definition) is 3. The van der Waals surface area contributed by atoms with Crippen LogP contribution in [-0.2, 0) is 9.53 Å². The summed E-state index contributed by atoms with van der Waals surface area (Å²) in [6.45, 7) is 2.10. The Morgan fingerprint density at radius 2 is 1.57 bits per heavy atom. The molecule has 0 heterocycles. The van der Waals surface area contributed by atoms with E-state index in [0.717, 1.165) is 0 Å². The molecule has 23 heavy (non-hydrogen) atoms. The van der Waals surface area contributed by atoms with E-state index in [-0.39, 0.29) is 11.7 Å². The van der Waals surface area contributed by atoms with Gasteiger partial charge in [0.15, 0.2) is 0 Å². The van der Waals surface area contributed by atoms with Crippen molar-refractivity contribution in [2.45, 2.75) is 19.3 Å². The standard InChI is InChI=1S/C19H19NO3/c1-13(21)10-11-20-19(22)23-12-18-16-8-4-2-6-14(16)15-7-3-5-9-17(15)18/h2-9,18H,10-12H2,1H3,(H,20,22). The fraction of sp³-hybridized carbons (Fsp3) is 0.263. The van der Waals surface area contributed by atoms with Crippen LogP contribution in [-0.4, -0.2) is 25.0 Å². The Morgan fingerprint density at radius 3 is 2.13 bits per heavy atom. The summed E-state index contributed by atoms with van der Waals surface area (Å²) in [5.41, 5.74) is 4.78. The van der Waals surface area contributed by atoms with Gasteiger partial charge in [-0.15, -0.1) is 0 Å². The fourth-order valence-corrected chi connectivity index (χ4v) is 2.99. The lowest BCUT2D eigenvalue weighted by Gasteiger charge is -2.14. The Labute approximate surface area is 135 Å². The molecule has 0 bridgehead atoms. The number of fused-ring (bicyclic) bond motifs is 3. The molecule has 3 rings (SSSR count). The molecular weight excluding hydrogens is 290 g/mol. The van der Waals surface area contributed by atoms with Crippen LogP contribution in [0.3, 0.4) is 0 Å². The minimum atomic E-state index is -0.479. The average Bonchev–Trinajstić information content (AvgIpc) is 2.87.